The molecule has 1 unspecified atom stereocenters. The molecule has 2 aromatic rings. The van der Waals surface area contributed by atoms with Crippen LogP contribution in [0, 0.1) is 12.8 Å². The normalized spacial score (nSPS) is 17.5. The average molecular weight is 342 g/mol. The molecule has 0 bridgehead atoms. The van der Waals surface area contributed by atoms with Crippen molar-refractivity contribution in [2.24, 2.45) is 5.92 Å². The minimum Gasteiger partial charge on any atom is -0.493 e. The molecule has 1 atom stereocenters. The Morgan fingerprint density at radius 3 is 2.92 bits per heavy atom. The Hall–Kier alpha value is -2.37. The quantitative estimate of drug-likeness (QED) is 0.776. The molecule has 0 radical (unpaired) electrons. The number of piperidine rings is 1. The zero-order valence-corrected chi connectivity index (χ0v) is 14.8. The largest absolute Gasteiger partial charge is 0.493 e. The van der Waals surface area contributed by atoms with Gasteiger partial charge in [0.2, 0.25) is 5.91 Å². The van der Waals surface area contributed by atoms with Crippen molar-refractivity contribution in [3.8, 4) is 5.75 Å². The molecule has 3 rings (SSSR count). The number of hydrogen-bond donors (Lipinski definition) is 0. The predicted molar refractivity (Wildman–Crippen MR) is 95.2 cm³/mol. The SMILES string of the molecule is Cc1ccc(OCC2CCCN(C(=O)CCCn3cncn3)C2)cc1. The van der Waals surface area contributed by atoms with Gasteiger partial charge in [0.05, 0.1) is 6.61 Å². The zero-order valence-electron chi connectivity index (χ0n) is 14.8. The van der Waals surface area contributed by atoms with Gasteiger partial charge in [-0.1, -0.05) is 17.7 Å². The molecule has 1 fully saturated rings. The molecular weight excluding hydrogens is 316 g/mol. The fourth-order valence-corrected chi connectivity index (χ4v) is 3.17. The molecule has 1 aliphatic heterocycles. The molecule has 6 nitrogen and oxygen atoms in total. The minimum atomic E-state index is 0.236. The molecule has 134 valence electrons. The second-order valence-corrected chi connectivity index (χ2v) is 6.73. The van der Waals surface area contributed by atoms with E-state index in [0.29, 0.717) is 18.9 Å². The number of likely N-dealkylation sites (tertiary alicyclic amines) is 1. The summed E-state index contributed by atoms with van der Waals surface area (Å²) in [5, 5.41) is 4.06. The van der Waals surface area contributed by atoms with Crippen molar-refractivity contribution in [2.75, 3.05) is 19.7 Å². The van der Waals surface area contributed by atoms with Gasteiger partial charge in [-0.05, 0) is 38.3 Å². The van der Waals surface area contributed by atoms with E-state index in [-0.39, 0.29) is 5.91 Å². The number of aromatic nitrogens is 3. The lowest BCUT2D eigenvalue weighted by molar-refractivity contribution is -0.133. The van der Waals surface area contributed by atoms with E-state index in [2.05, 4.69) is 29.1 Å². The van der Waals surface area contributed by atoms with Crippen molar-refractivity contribution in [1.82, 2.24) is 19.7 Å². The van der Waals surface area contributed by atoms with Crippen LogP contribution in [0.4, 0.5) is 0 Å². The highest BCUT2D eigenvalue weighted by Crippen LogP contribution is 2.20. The summed E-state index contributed by atoms with van der Waals surface area (Å²) in [6, 6.07) is 8.12. The standard InChI is InChI=1S/C19H26N4O2/c1-16-6-8-18(9-7-16)25-13-17-4-2-10-22(12-17)19(24)5-3-11-23-15-20-14-21-23/h6-9,14-15,17H,2-5,10-13H2,1H3. The number of carbonyl (C=O) groups excluding carboxylic acids is 1. The highest BCUT2D eigenvalue weighted by atomic mass is 16.5. The highest BCUT2D eigenvalue weighted by molar-refractivity contribution is 5.76. The van der Waals surface area contributed by atoms with Crippen molar-refractivity contribution in [3.05, 3.63) is 42.5 Å². The monoisotopic (exact) mass is 342 g/mol. The topological polar surface area (TPSA) is 60.2 Å². The third kappa shape index (κ3) is 5.31. The van der Waals surface area contributed by atoms with Crippen LogP contribution in [0.3, 0.4) is 0 Å². The molecule has 0 aliphatic carbocycles. The number of benzene rings is 1. The maximum Gasteiger partial charge on any atom is 0.222 e. The van der Waals surface area contributed by atoms with E-state index in [1.165, 1.54) is 11.9 Å². The van der Waals surface area contributed by atoms with Crippen LogP contribution in [-0.2, 0) is 11.3 Å². The molecule has 25 heavy (non-hydrogen) atoms. The van der Waals surface area contributed by atoms with Crippen molar-refractivity contribution in [3.63, 3.8) is 0 Å². The Bertz CT molecular complexity index is 655. The van der Waals surface area contributed by atoms with Gasteiger partial charge < -0.3 is 9.64 Å². The second kappa shape index (κ2) is 8.65. The summed E-state index contributed by atoms with van der Waals surface area (Å²) < 4.78 is 7.67. The van der Waals surface area contributed by atoms with Crippen LogP contribution in [0.5, 0.6) is 5.75 Å². The van der Waals surface area contributed by atoms with Crippen LogP contribution in [-0.4, -0.2) is 45.3 Å². The fraction of sp³-hybridized carbons (Fsp3) is 0.526. The number of nitrogens with zero attached hydrogens (tertiary/aromatic N) is 4. The van der Waals surface area contributed by atoms with E-state index in [0.717, 1.165) is 44.6 Å². The first-order chi connectivity index (χ1) is 12.2. The van der Waals surface area contributed by atoms with Crippen LogP contribution in [0.1, 0.15) is 31.2 Å². The van der Waals surface area contributed by atoms with Gasteiger partial charge in [-0.15, -0.1) is 0 Å². The lowest BCUT2D eigenvalue weighted by atomic mass is 9.98. The maximum absolute atomic E-state index is 12.4. The highest BCUT2D eigenvalue weighted by Gasteiger charge is 2.23. The minimum absolute atomic E-state index is 0.236. The van der Waals surface area contributed by atoms with Crippen molar-refractivity contribution in [1.29, 1.82) is 0 Å². The summed E-state index contributed by atoms with van der Waals surface area (Å²) in [7, 11) is 0. The number of carbonyl (C=O) groups is 1. The van der Waals surface area contributed by atoms with Crippen LogP contribution in [0.15, 0.2) is 36.9 Å². The molecule has 2 heterocycles. The van der Waals surface area contributed by atoms with Crippen molar-refractivity contribution in [2.45, 2.75) is 39.2 Å². The number of aryl methyl sites for hydroxylation is 2. The van der Waals surface area contributed by atoms with E-state index >= 15 is 0 Å². The summed E-state index contributed by atoms with van der Waals surface area (Å²) >= 11 is 0. The molecule has 6 heteroatoms. The number of hydrogen-bond acceptors (Lipinski definition) is 4. The molecular formula is C19H26N4O2. The van der Waals surface area contributed by atoms with E-state index in [4.69, 9.17) is 4.74 Å². The molecule has 1 aromatic heterocycles. The predicted octanol–water partition coefficient (Wildman–Crippen LogP) is 2.68. The van der Waals surface area contributed by atoms with Gasteiger partial charge in [-0.2, -0.15) is 5.10 Å². The van der Waals surface area contributed by atoms with E-state index in [9.17, 15) is 4.79 Å². The third-order valence-electron chi connectivity index (χ3n) is 4.62. The Kier molecular flexibility index (Phi) is 6.04. The zero-order chi connectivity index (χ0) is 17.5. The van der Waals surface area contributed by atoms with Crippen molar-refractivity contribution < 1.29 is 9.53 Å². The Morgan fingerprint density at radius 1 is 1.32 bits per heavy atom. The summed E-state index contributed by atoms with van der Waals surface area (Å²) in [5.41, 5.74) is 1.23. The number of rotatable bonds is 7. The Balaban J connectivity index is 1.40. The van der Waals surface area contributed by atoms with Gasteiger partial charge in [0.15, 0.2) is 0 Å². The molecule has 1 saturated heterocycles. The molecule has 0 spiro atoms. The molecule has 0 saturated carbocycles. The van der Waals surface area contributed by atoms with E-state index in [1.54, 1.807) is 11.0 Å². The van der Waals surface area contributed by atoms with Gasteiger partial charge in [0, 0.05) is 32.0 Å². The lowest BCUT2D eigenvalue weighted by Crippen LogP contribution is -2.41. The van der Waals surface area contributed by atoms with Gasteiger partial charge in [-0.25, -0.2) is 4.98 Å². The second-order valence-electron chi connectivity index (χ2n) is 6.73. The summed E-state index contributed by atoms with van der Waals surface area (Å²) in [6.07, 6.45) is 6.73. The number of amides is 1. The Labute approximate surface area is 148 Å². The van der Waals surface area contributed by atoms with Crippen LogP contribution in [0.25, 0.3) is 0 Å². The van der Waals surface area contributed by atoms with Gasteiger partial charge in [0.25, 0.3) is 0 Å². The molecule has 1 amide bonds. The Morgan fingerprint density at radius 2 is 2.16 bits per heavy atom. The lowest BCUT2D eigenvalue weighted by Gasteiger charge is -2.32. The average Bonchev–Trinajstić information content (AvgIpc) is 3.15. The smallest absolute Gasteiger partial charge is 0.222 e. The van der Waals surface area contributed by atoms with E-state index in [1.807, 2.05) is 17.0 Å². The third-order valence-corrected chi connectivity index (χ3v) is 4.62. The first kappa shape index (κ1) is 17.5. The first-order valence-electron chi connectivity index (χ1n) is 9.00. The fourth-order valence-electron chi connectivity index (χ4n) is 3.17. The van der Waals surface area contributed by atoms with Crippen LogP contribution >= 0.6 is 0 Å². The van der Waals surface area contributed by atoms with E-state index < -0.39 is 0 Å². The molecule has 1 aromatic carbocycles. The van der Waals surface area contributed by atoms with Gasteiger partial charge in [0.1, 0.15) is 18.4 Å². The first-order valence-corrected chi connectivity index (χ1v) is 9.00. The summed E-state index contributed by atoms with van der Waals surface area (Å²) in [6.45, 7) is 5.14. The van der Waals surface area contributed by atoms with Gasteiger partial charge in [-0.3, -0.25) is 9.48 Å². The van der Waals surface area contributed by atoms with Crippen LogP contribution in [0.2, 0.25) is 0 Å². The maximum atomic E-state index is 12.4. The molecule has 0 N–H and O–H groups in total. The van der Waals surface area contributed by atoms with Crippen molar-refractivity contribution >= 4 is 5.91 Å². The number of ether oxygens (including phenoxy) is 1. The van der Waals surface area contributed by atoms with Crippen LogP contribution < -0.4 is 4.74 Å². The van der Waals surface area contributed by atoms with Gasteiger partial charge >= 0.3 is 0 Å². The summed E-state index contributed by atoms with van der Waals surface area (Å²) in [5.74, 6) is 1.55. The molecule has 1 aliphatic rings. The summed E-state index contributed by atoms with van der Waals surface area (Å²) in [4.78, 5) is 18.3.